The van der Waals surface area contributed by atoms with E-state index in [9.17, 15) is 14.4 Å². The normalized spacial score (nSPS) is 22.7. The highest BCUT2D eigenvalue weighted by molar-refractivity contribution is 5.99. The molecule has 0 radical (unpaired) electrons. The molecule has 1 unspecified atom stereocenters. The van der Waals surface area contributed by atoms with Crippen LogP contribution in [0.2, 0.25) is 0 Å². The Morgan fingerprint density at radius 3 is 2.56 bits per heavy atom. The van der Waals surface area contributed by atoms with Crippen molar-refractivity contribution in [3.8, 4) is 5.88 Å². The number of benzene rings is 1. The van der Waals surface area contributed by atoms with Gasteiger partial charge in [0.25, 0.3) is 5.91 Å². The number of hydrogen-bond donors (Lipinski definition) is 1. The Morgan fingerprint density at radius 1 is 1.15 bits per heavy atom. The lowest BCUT2D eigenvalue weighted by molar-refractivity contribution is -0.159. The minimum atomic E-state index is -0.915. The van der Waals surface area contributed by atoms with Crippen molar-refractivity contribution < 1.29 is 28.2 Å². The van der Waals surface area contributed by atoms with Gasteiger partial charge in [-0.15, -0.1) is 0 Å². The molecule has 0 spiro atoms. The smallest absolute Gasteiger partial charge is 0.306 e. The number of fused-ring (bicyclic) bond motifs is 2. The number of aryl methyl sites for hydroxylation is 1. The van der Waals surface area contributed by atoms with Gasteiger partial charge in [-0.1, -0.05) is 13.8 Å². The Labute approximate surface area is 241 Å². The lowest BCUT2D eigenvalue weighted by Gasteiger charge is -2.42. The van der Waals surface area contributed by atoms with Gasteiger partial charge in [0.15, 0.2) is 0 Å². The third kappa shape index (κ3) is 5.95. The summed E-state index contributed by atoms with van der Waals surface area (Å²) in [6, 6.07) is 5.77. The summed E-state index contributed by atoms with van der Waals surface area (Å²) in [5.41, 5.74) is 2.53. The molecule has 1 N–H and O–H groups in total. The Bertz CT molecular complexity index is 1380. The molecule has 2 aromatic rings. The van der Waals surface area contributed by atoms with Crippen LogP contribution in [-0.2, 0) is 37.4 Å². The summed E-state index contributed by atoms with van der Waals surface area (Å²) in [4.78, 5) is 46.0. The summed E-state index contributed by atoms with van der Waals surface area (Å²) in [5.74, 6) is -0.869. The number of carbonyl (C=O) groups is 3. The number of nitrogens with zero attached hydrogens (tertiary/aromatic N) is 2. The van der Waals surface area contributed by atoms with E-state index in [1.165, 1.54) is 13.2 Å². The number of carbonyl (C=O) groups excluding carboxylic acids is 3. The van der Waals surface area contributed by atoms with Crippen LogP contribution in [0.5, 0.6) is 5.88 Å². The van der Waals surface area contributed by atoms with E-state index in [4.69, 9.17) is 9.47 Å². The summed E-state index contributed by atoms with van der Waals surface area (Å²) < 4.78 is 25.9. The van der Waals surface area contributed by atoms with Gasteiger partial charge in [-0.05, 0) is 87.1 Å². The molecular weight excluding hydrogens is 525 g/mol. The van der Waals surface area contributed by atoms with E-state index in [0.717, 1.165) is 18.4 Å². The summed E-state index contributed by atoms with van der Waals surface area (Å²) in [6.07, 6.45) is 3.50. The molecule has 1 fully saturated rings. The molecule has 2 amide bonds. The maximum Gasteiger partial charge on any atom is 0.306 e. The first-order valence-electron chi connectivity index (χ1n) is 14.5. The van der Waals surface area contributed by atoms with E-state index in [-0.39, 0.29) is 41.4 Å². The highest BCUT2D eigenvalue weighted by Crippen LogP contribution is 2.43. The molecule has 0 bridgehead atoms. The number of ether oxygens (including phenoxy) is 2. The van der Waals surface area contributed by atoms with Crippen molar-refractivity contribution in [2.45, 2.75) is 90.2 Å². The van der Waals surface area contributed by atoms with Crippen LogP contribution in [0, 0.1) is 17.7 Å². The largest absolute Gasteiger partial charge is 0.481 e. The molecule has 5 rings (SSSR count). The molecule has 3 aliphatic rings. The molecule has 9 heteroatoms. The molecule has 2 heterocycles. The van der Waals surface area contributed by atoms with E-state index in [0.29, 0.717) is 54.2 Å². The summed E-state index contributed by atoms with van der Waals surface area (Å²) in [7, 11) is 1.53. The van der Waals surface area contributed by atoms with Crippen LogP contribution in [0.1, 0.15) is 88.7 Å². The van der Waals surface area contributed by atoms with Crippen molar-refractivity contribution in [3.63, 3.8) is 0 Å². The number of esters is 1. The number of rotatable bonds is 6. The Morgan fingerprint density at radius 2 is 1.88 bits per heavy atom. The van der Waals surface area contributed by atoms with Crippen LogP contribution in [0.3, 0.4) is 0 Å². The van der Waals surface area contributed by atoms with E-state index in [1.54, 1.807) is 17.0 Å². The predicted molar refractivity (Wildman–Crippen MR) is 152 cm³/mol. The standard InChI is InChI=1S/C32H40FN3O5/c1-31(2,3)41-26(37)15-18-13-20(14-18)30(39)36-12-10-24-22(7-8-25(35-24)40-6)28(36)29(38)34-21-16-19-9-11-32(4,5)27(19)23(33)17-21/h7-8,16-18,20,28H,9-15H2,1-6H3,(H,34,38)/t18-,20+,28?. The average Bonchev–Trinajstić information content (AvgIpc) is 3.17. The molecule has 1 aliphatic heterocycles. The fraction of sp³-hybridized carbons (Fsp3) is 0.562. The maximum absolute atomic E-state index is 15.2. The van der Waals surface area contributed by atoms with Crippen LogP contribution >= 0.6 is 0 Å². The predicted octanol–water partition coefficient (Wildman–Crippen LogP) is 5.28. The first-order valence-corrected chi connectivity index (χ1v) is 14.5. The molecule has 2 aliphatic carbocycles. The minimum Gasteiger partial charge on any atom is -0.481 e. The first kappa shape index (κ1) is 29.0. The van der Waals surface area contributed by atoms with Crippen molar-refractivity contribution in [1.82, 2.24) is 9.88 Å². The summed E-state index contributed by atoms with van der Waals surface area (Å²) in [5, 5.41) is 2.90. The number of anilines is 1. The van der Waals surface area contributed by atoms with Gasteiger partial charge >= 0.3 is 5.97 Å². The van der Waals surface area contributed by atoms with Crippen molar-refractivity contribution >= 4 is 23.5 Å². The highest BCUT2D eigenvalue weighted by Gasteiger charge is 2.44. The maximum atomic E-state index is 15.2. The van der Waals surface area contributed by atoms with E-state index < -0.39 is 17.6 Å². The van der Waals surface area contributed by atoms with E-state index in [2.05, 4.69) is 10.3 Å². The Balaban J connectivity index is 1.35. The van der Waals surface area contributed by atoms with Gasteiger partial charge in [-0.2, -0.15) is 0 Å². The number of methoxy groups -OCH3 is 1. The molecule has 1 aromatic heterocycles. The molecule has 8 nitrogen and oxygen atoms in total. The zero-order valence-corrected chi connectivity index (χ0v) is 24.8. The van der Waals surface area contributed by atoms with Gasteiger partial charge in [0.2, 0.25) is 11.8 Å². The number of halogens is 1. The van der Waals surface area contributed by atoms with Gasteiger partial charge in [-0.3, -0.25) is 14.4 Å². The van der Waals surface area contributed by atoms with Crippen molar-refractivity contribution in [3.05, 3.63) is 52.5 Å². The lowest BCUT2D eigenvalue weighted by Crippen LogP contribution is -2.50. The van der Waals surface area contributed by atoms with Gasteiger partial charge in [-0.25, -0.2) is 9.37 Å². The minimum absolute atomic E-state index is 0.0766. The average molecular weight is 566 g/mol. The van der Waals surface area contributed by atoms with Crippen molar-refractivity contribution in [2.75, 3.05) is 19.0 Å². The van der Waals surface area contributed by atoms with Crippen LogP contribution < -0.4 is 10.1 Å². The van der Waals surface area contributed by atoms with Crippen LogP contribution in [-0.4, -0.2) is 46.9 Å². The second-order valence-corrected chi connectivity index (χ2v) is 13.3. The molecular formula is C32H40FN3O5. The van der Waals surface area contributed by atoms with Crippen LogP contribution in [0.15, 0.2) is 24.3 Å². The van der Waals surface area contributed by atoms with Gasteiger partial charge in [0, 0.05) is 42.6 Å². The molecule has 1 aromatic carbocycles. The number of amides is 2. The van der Waals surface area contributed by atoms with Crippen LogP contribution in [0.25, 0.3) is 0 Å². The summed E-state index contributed by atoms with van der Waals surface area (Å²) >= 11 is 0. The lowest BCUT2D eigenvalue weighted by atomic mass is 9.72. The number of nitrogens with one attached hydrogen (secondary N) is 1. The zero-order chi connectivity index (χ0) is 29.7. The number of hydrogen-bond acceptors (Lipinski definition) is 6. The molecule has 1 saturated carbocycles. The SMILES string of the molecule is COc1ccc2c(n1)CCN(C(=O)[C@H]1C[C@@H](CC(=O)OC(C)(C)C)C1)C2C(=O)Nc1cc(F)c2c(c1)CCC2(C)C. The third-order valence-corrected chi connectivity index (χ3v) is 8.52. The number of pyridine rings is 1. The van der Waals surface area contributed by atoms with E-state index in [1.807, 2.05) is 40.7 Å². The van der Waals surface area contributed by atoms with Gasteiger partial charge in [0.05, 0.1) is 12.8 Å². The van der Waals surface area contributed by atoms with Crippen LogP contribution in [0.4, 0.5) is 10.1 Å². The zero-order valence-electron chi connectivity index (χ0n) is 24.8. The second kappa shape index (κ2) is 10.7. The summed E-state index contributed by atoms with van der Waals surface area (Å²) in [6.45, 7) is 9.88. The first-order chi connectivity index (χ1) is 19.3. The Kier molecular flexibility index (Phi) is 7.59. The quantitative estimate of drug-likeness (QED) is 0.479. The third-order valence-electron chi connectivity index (χ3n) is 8.52. The monoisotopic (exact) mass is 565 g/mol. The number of aromatic nitrogens is 1. The van der Waals surface area contributed by atoms with Crippen molar-refractivity contribution in [1.29, 1.82) is 0 Å². The van der Waals surface area contributed by atoms with Gasteiger partial charge < -0.3 is 19.7 Å². The molecule has 41 heavy (non-hydrogen) atoms. The molecule has 0 saturated heterocycles. The topological polar surface area (TPSA) is 97.8 Å². The van der Waals surface area contributed by atoms with Crippen molar-refractivity contribution in [2.24, 2.45) is 11.8 Å². The van der Waals surface area contributed by atoms with Gasteiger partial charge in [0.1, 0.15) is 17.5 Å². The molecule has 1 atom stereocenters. The molecule has 220 valence electrons. The Hall–Kier alpha value is -3.49. The highest BCUT2D eigenvalue weighted by atomic mass is 19.1. The van der Waals surface area contributed by atoms with E-state index >= 15 is 4.39 Å². The fourth-order valence-corrected chi connectivity index (χ4v) is 6.53. The second-order valence-electron chi connectivity index (χ2n) is 13.3. The fourth-order valence-electron chi connectivity index (χ4n) is 6.53.